The highest BCUT2D eigenvalue weighted by Gasteiger charge is 2.33. The molecule has 0 fully saturated rings. The van der Waals surface area contributed by atoms with Crippen molar-refractivity contribution in [1.29, 1.82) is 0 Å². The van der Waals surface area contributed by atoms with Gasteiger partial charge in [-0.25, -0.2) is 0 Å². The number of nitrogens with one attached hydrogen (secondary N) is 2. The van der Waals surface area contributed by atoms with Crippen LogP contribution in [0, 0.1) is 0 Å². The smallest absolute Gasteiger partial charge is 0.348 e. The van der Waals surface area contributed by atoms with Gasteiger partial charge in [-0.2, -0.15) is 13.2 Å². The normalized spacial score (nSPS) is 11.3. The molecule has 0 aliphatic rings. The van der Waals surface area contributed by atoms with Crippen LogP contribution in [0.1, 0.15) is 57.4 Å². The summed E-state index contributed by atoms with van der Waals surface area (Å²) in [6.45, 7) is 2.50. The highest BCUT2D eigenvalue weighted by molar-refractivity contribution is 6.39. The number of amides is 2. The maximum Gasteiger partial charge on any atom is 0.417 e. The fraction of sp³-hybridized carbons (Fsp3) is 0.556. The summed E-state index contributed by atoms with van der Waals surface area (Å²) in [6.07, 6.45) is 2.90. The number of anilines is 1. The van der Waals surface area contributed by atoms with Crippen molar-refractivity contribution in [3.05, 3.63) is 28.8 Å². The molecule has 26 heavy (non-hydrogen) atoms. The van der Waals surface area contributed by atoms with Crippen LogP contribution in [0.25, 0.3) is 0 Å². The van der Waals surface area contributed by atoms with Gasteiger partial charge in [-0.3, -0.25) is 9.59 Å². The summed E-state index contributed by atoms with van der Waals surface area (Å²) < 4.78 is 38.4. The van der Waals surface area contributed by atoms with Crippen molar-refractivity contribution in [2.45, 2.75) is 58.0 Å². The van der Waals surface area contributed by atoms with Crippen molar-refractivity contribution < 1.29 is 22.8 Å². The van der Waals surface area contributed by atoms with Gasteiger partial charge in [0.25, 0.3) is 0 Å². The maximum absolute atomic E-state index is 12.8. The number of benzene rings is 1. The fourth-order valence-corrected chi connectivity index (χ4v) is 2.60. The minimum atomic E-state index is -4.64. The molecule has 2 N–H and O–H groups in total. The van der Waals surface area contributed by atoms with E-state index in [2.05, 4.69) is 17.6 Å². The maximum atomic E-state index is 12.8. The third kappa shape index (κ3) is 8.08. The molecule has 0 aromatic heterocycles. The zero-order valence-electron chi connectivity index (χ0n) is 14.7. The van der Waals surface area contributed by atoms with Gasteiger partial charge in [-0.15, -0.1) is 0 Å². The summed E-state index contributed by atoms with van der Waals surface area (Å²) in [6, 6.07) is 2.93. The Hall–Kier alpha value is -1.76. The highest BCUT2D eigenvalue weighted by atomic mass is 35.5. The molecule has 0 saturated heterocycles. The van der Waals surface area contributed by atoms with Crippen LogP contribution >= 0.6 is 11.6 Å². The quantitative estimate of drug-likeness (QED) is 0.450. The summed E-state index contributed by atoms with van der Waals surface area (Å²) in [7, 11) is 0. The standard InChI is InChI=1S/C18H24ClF3N2O2/c1-2-3-4-5-6-7-8-11-23-16(25)17(26)24-13-9-10-15(19)14(12-13)18(20,21)22/h9-10,12H,2-8,11H2,1H3,(H,23,25)(H,24,26). The van der Waals surface area contributed by atoms with Crippen molar-refractivity contribution in [3.8, 4) is 0 Å². The van der Waals surface area contributed by atoms with E-state index in [1.54, 1.807) is 0 Å². The average molecular weight is 393 g/mol. The molecule has 146 valence electrons. The van der Waals surface area contributed by atoms with Gasteiger partial charge in [0.05, 0.1) is 10.6 Å². The molecular weight excluding hydrogens is 369 g/mol. The third-order valence-electron chi connectivity index (χ3n) is 3.80. The molecule has 1 aromatic rings. The first kappa shape index (κ1) is 22.3. The van der Waals surface area contributed by atoms with Gasteiger partial charge in [0.2, 0.25) is 0 Å². The van der Waals surface area contributed by atoms with Crippen molar-refractivity contribution in [2.24, 2.45) is 0 Å². The van der Waals surface area contributed by atoms with Crippen LogP contribution in [0.4, 0.5) is 18.9 Å². The largest absolute Gasteiger partial charge is 0.417 e. The van der Waals surface area contributed by atoms with Crippen molar-refractivity contribution in [3.63, 3.8) is 0 Å². The van der Waals surface area contributed by atoms with E-state index in [1.807, 2.05) is 0 Å². The second-order valence-electron chi connectivity index (χ2n) is 6.02. The van der Waals surface area contributed by atoms with Gasteiger partial charge in [-0.05, 0) is 24.6 Å². The van der Waals surface area contributed by atoms with Gasteiger partial charge >= 0.3 is 18.0 Å². The van der Waals surface area contributed by atoms with Gasteiger partial charge in [0.1, 0.15) is 0 Å². The summed E-state index contributed by atoms with van der Waals surface area (Å²) >= 11 is 5.51. The molecule has 0 unspecified atom stereocenters. The molecule has 0 saturated carbocycles. The molecule has 4 nitrogen and oxygen atoms in total. The zero-order valence-corrected chi connectivity index (χ0v) is 15.5. The molecule has 0 heterocycles. The topological polar surface area (TPSA) is 58.2 Å². The summed E-state index contributed by atoms with van der Waals surface area (Å²) in [5, 5.41) is 4.14. The Labute approximate surface area is 156 Å². The second-order valence-corrected chi connectivity index (χ2v) is 6.43. The molecule has 2 amide bonds. The number of unbranched alkanes of at least 4 members (excludes halogenated alkanes) is 6. The monoisotopic (exact) mass is 392 g/mol. The van der Waals surface area contributed by atoms with Crippen molar-refractivity contribution in [2.75, 3.05) is 11.9 Å². The lowest BCUT2D eigenvalue weighted by Gasteiger charge is -2.11. The van der Waals surface area contributed by atoms with E-state index >= 15 is 0 Å². The fourth-order valence-electron chi connectivity index (χ4n) is 2.37. The van der Waals surface area contributed by atoms with E-state index in [1.165, 1.54) is 25.3 Å². The minimum absolute atomic E-state index is 0.141. The van der Waals surface area contributed by atoms with Crippen LogP contribution < -0.4 is 10.6 Å². The predicted molar refractivity (Wildman–Crippen MR) is 96.1 cm³/mol. The van der Waals surface area contributed by atoms with Crippen molar-refractivity contribution in [1.82, 2.24) is 5.32 Å². The van der Waals surface area contributed by atoms with Crippen LogP contribution in [0.2, 0.25) is 5.02 Å². The Kier molecular flexibility index (Phi) is 9.48. The van der Waals surface area contributed by atoms with Gasteiger partial charge in [0, 0.05) is 12.2 Å². The lowest BCUT2D eigenvalue weighted by Crippen LogP contribution is -2.35. The molecule has 0 bridgehead atoms. The third-order valence-corrected chi connectivity index (χ3v) is 4.13. The summed E-state index contributed by atoms with van der Waals surface area (Å²) in [5.41, 5.74) is -1.21. The average Bonchev–Trinajstić information content (AvgIpc) is 2.57. The molecule has 1 aromatic carbocycles. The van der Waals surface area contributed by atoms with E-state index in [4.69, 9.17) is 11.6 Å². The number of carbonyl (C=O) groups excluding carboxylic acids is 2. The number of rotatable bonds is 9. The van der Waals surface area contributed by atoms with E-state index in [9.17, 15) is 22.8 Å². The number of halogens is 4. The Balaban J connectivity index is 2.38. The molecule has 0 aliphatic carbocycles. The van der Waals surface area contributed by atoms with Gasteiger partial charge in [-0.1, -0.05) is 57.0 Å². The summed E-state index contributed by atoms with van der Waals surface area (Å²) in [4.78, 5) is 23.5. The number of hydrogen-bond acceptors (Lipinski definition) is 2. The minimum Gasteiger partial charge on any atom is -0.348 e. The highest BCUT2D eigenvalue weighted by Crippen LogP contribution is 2.36. The molecule has 1 rings (SSSR count). The number of alkyl halides is 3. The van der Waals surface area contributed by atoms with Gasteiger partial charge < -0.3 is 10.6 Å². The first-order chi connectivity index (χ1) is 12.3. The van der Waals surface area contributed by atoms with Crippen molar-refractivity contribution >= 4 is 29.1 Å². The van der Waals surface area contributed by atoms with E-state index in [0.29, 0.717) is 12.6 Å². The summed E-state index contributed by atoms with van der Waals surface area (Å²) in [5.74, 6) is -1.89. The van der Waals surface area contributed by atoms with E-state index in [-0.39, 0.29) is 5.69 Å². The van der Waals surface area contributed by atoms with Crippen LogP contribution in [0.5, 0.6) is 0 Å². The first-order valence-corrected chi connectivity index (χ1v) is 9.09. The van der Waals surface area contributed by atoms with Crippen LogP contribution in [0.3, 0.4) is 0 Å². The van der Waals surface area contributed by atoms with Crippen LogP contribution in [0.15, 0.2) is 18.2 Å². The molecule has 0 spiro atoms. The molecule has 0 atom stereocenters. The van der Waals surface area contributed by atoms with Gasteiger partial charge in [0.15, 0.2) is 0 Å². The SMILES string of the molecule is CCCCCCCCCNC(=O)C(=O)Nc1ccc(Cl)c(C(F)(F)F)c1. The molecule has 8 heteroatoms. The second kappa shape index (κ2) is 11.1. The van der Waals surface area contributed by atoms with E-state index < -0.39 is 28.6 Å². The lowest BCUT2D eigenvalue weighted by atomic mass is 10.1. The van der Waals surface area contributed by atoms with Crippen LogP contribution in [-0.2, 0) is 15.8 Å². The Bertz CT molecular complexity index is 607. The van der Waals surface area contributed by atoms with Crippen LogP contribution in [-0.4, -0.2) is 18.4 Å². The molecule has 0 aliphatic heterocycles. The zero-order chi connectivity index (χ0) is 19.6. The number of carbonyl (C=O) groups is 2. The molecule has 0 radical (unpaired) electrons. The number of hydrogen-bond donors (Lipinski definition) is 2. The first-order valence-electron chi connectivity index (χ1n) is 8.71. The van der Waals surface area contributed by atoms with E-state index in [0.717, 1.165) is 31.7 Å². The lowest BCUT2D eigenvalue weighted by molar-refractivity contribution is -0.137. The predicted octanol–water partition coefficient (Wildman–Crippen LogP) is 5.16. The Morgan fingerprint density at radius 2 is 1.62 bits per heavy atom. The Morgan fingerprint density at radius 3 is 2.23 bits per heavy atom. The Morgan fingerprint density at radius 1 is 1.00 bits per heavy atom. The molecular formula is C18H24ClF3N2O2.